The molecule has 3 amide bonds. The second-order valence-corrected chi connectivity index (χ2v) is 6.40. The van der Waals surface area contributed by atoms with E-state index >= 15 is 0 Å². The lowest BCUT2D eigenvalue weighted by molar-refractivity contribution is -0.127. The maximum atomic E-state index is 13.1. The number of pyridine rings is 1. The van der Waals surface area contributed by atoms with Crippen LogP contribution in [-0.4, -0.2) is 47.7 Å². The fraction of sp³-hybridized carbons (Fsp3) is 0.300. The van der Waals surface area contributed by atoms with Crippen molar-refractivity contribution < 1.29 is 14.4 Å². The Bertz CT molecular complexity index is 853. The summed E-state index contributed by atoms with van der Waals surface area (Å²) in [6.45, 7) is 0.262. The van der Waals surface area contributed by atoms with E-state index in [1.165, 1.54) is 11.9 Å². The Balaban J connectivity index is 2.09. The first-order chi connectivity index (χ1) is 13.1. The Hall–Kier alpha value is -3.22. The lowest BCUT2D eigenvalue weighted by atomic mass is 9.81. The molecule has 0 unspecified atom stereocenters. The Kier molecular flexibility index (Phi) is 5.49. The van der Waals surface area contributed by atoms with Gasteiger partial charge in [0.1, 0.15) is 11.7 Å². The zero-order valence-corrected chi connectivity index (χ0v) is 15.3. The molecule has 0 saturated heterocycles. The van der Waals surface area contributed by atoms with Crippen molar-refractivity contribution in [1.82, 2.24) is 20.5 Å². The van der Waals surface area contributed by atoms with Crippen molar-refractivity contribution in [1.29, 1.82) is 0 Å². The van der Waals surface area contributed by atoms with E-state index in [0.29, 0.717) is 11.3 Å². The average molecular weight is 366 g/mol. The third-order valence-electron chi connectivity index (χ3n) is 4.81. The molecule has 2 N–H and O–H groups in total. The van der Waals surface area contributed by atoms with E-state index < -0.39 is 12.0 Å². The molecule has 1 aromatic carbocycles. The summed E-state index contributed by atoms with van der Waals surface area (Å²) >= 11 is 0. The fourth-order valence-corrected chi connectivity index (χ4v) is 3.49. The van der Waals surface area contributed by atoms with Crippen LogP contribution >= 0.6 is 0 Å². The number of hydrogen-bond donors (Lipinski definition) is 2. The number of fused-ring (bicyclic) bond motifs is 1. The molecule has 0 saturated carbocycles. The zero-order valence-electron chi connectivity index (χ0n) is 15.3. The van der Waals surface area contributed by atoms with Gasteiger partial charge in [-0.1, -0.05) is 36.4 Å². The maximum absolute atomic E-state index is 13.1. The topological polar surface area (TPSA) is 91.4 Å². The average Bonchev–Trinajstić information content (AvgIpc) is 2.71. The van der Waals surface area contributed by atoms with Crippen LogP contribution in [0.15, 0.2) is 48.7 Å². The summed E-state index contributed by atoms with van der Waals surface area (Å²) < 4.78 is 0. The van der Waals surface area contributed by atoms with Gasteiger partial charge in [0.25, 0.3) is 5.91 Å². The Morgan fingerprint density at radius 3 is 2.48 bits per heavy atom. The molecule has 2 aromatic rings. The molecule has 7 nitrogen and oxygen atoms in total. The molecule has 1 aliphatic rings. The van der Waals surface area contributed by atoms with E-state index in [1.54, 1.807) is 25.4 Å². The van der Waals surface area contributed by atoms with Crippen LogP contribution in [0.3, 0.4) is 0 Å². The van der Waals surface area contributed by atoms with Crippen LogP contribution in [0.4, 0.5) is 0 Å². The Labute approximate surface area is 157 Å². The summed E-state index contributed by atoms with van der Waals surface area (Å²) in [6, 6.07) is 12.1. The first-order valence-corrected chi connectivity index (χ1v) is 8.78. The van der Waals surface area contributed by atoms with Gasteiger partial charge in [-0.05, 0) is 17.2 Å². The highest BCUT2D eigenvalue weighted by molar-refractivity contribution is 6.00. The molecular formula is C20H22N4O3. The summed E-state index contributed by atoms with van der Waals surface area (Å²) in [7, 11) is 3.08. The summed E-state index contributed by atoms with van der Waals surface area (Å²) in [5.41, 5.74) is 1.82. The molecule has 140 valence electrons. The number of nitrogens with one attached hydrogen (secondary N) is 2. The third-order valence-corrected chi connectivity index (χ3v) is 4.81. The molecule has 0 spiro atoms. The van der Waals surface area contributed by atoms with E-state index in [-0.39, 0.29) is 30.7 Å². The van der Waals surface area contributed by atoms with Gasteiger partial charge < -0.3 is 15.5 Å². The smallest absolute Gasteiger partial charge is 0.273 e. The molecule has 1 aromatic heterocycles. The number of hydrogen-bond acceptors (Lipinski definition) is 4. The zero-order chi connectivity index (χ0) is 19.4. The minimum atomic E-state index is -0.795. The van der Waals surface area contributed by atoms with Crippen LogP contribution in [0.25, 0.3) is 0 Å². The molecule has 3 rings (SSSR count). The van der Waals surface area contributed by atoms with Crippen molar-refractivity contribution in [2.45, 2.75) is 24.9 Å². The lowest BCUT2D eigenvalue weighted by Gasteiger charge is -2.40. The predicted octanol–water partition coefficient (Wildman–Crippen LogP) is 1.07. The molecular weight excluding hydrogens is 344 g/mol. The highest BCUT2D eigenvalue weighted by Gasteiger charge is 2.44. The number of amides is 3. The summed E-state index contributed by atoms with van der Waals surface area (Å²) in [4.78, 5) is 43.8. The first kappa shape index (κ1) is 18.6. The van der Waals surface area contributed by atoms with Gasteiger partial charge in [0.2, 0.25) is 11.8 Å². The van der Waals surface area contributed by atoms with Gasteiger partial charge in [-0.15, -0.1) is 0 Å². The van der Waals surface area contributed by atoms with E-state index in [2.05, 4.69) is 15.6 Å². The van der Waals surface area contributed by atoms with Crippen LogP contribution < -0.4 is 10.6 Å². The molecule has 2 heterocycles. The van der Waals surface area contributed by atoms with Crippen molar-refractivity contribution in [3.8, 4) is 0 Å². The van der Waals surface area contributed by atoms with E-state index in [0.717, 1.165) is 5.56 Å². The largest absolute Gasteiger partial charge is 0.359 e. The number of likely N-dealkylation sites (N-methyl/N-ethyl adjacent to an activating group) is 1. The highest BCUT2D eigenvalue weighted by Crippen LogP contribution is 2.35. The molecule has 0 radical (unpaired) electrons. The maximum Gasteiger partial charge on any atom is 0.273 e. The van der Waals surface area contributed by atoms with Crippen LogP contribution in [0.2, 0.25) is 0 Å². The standard InChI is InChI=1S/C20H22N4O3/c1-21-16(25)11-15-14-9-6-10-23-17(14)20(27)24(18(15)19(26)22-2)12-13-7-4-3-5-8-13/h3-10,15,18H,11-12H2,1-2H3,(H,21,25)(H,22,26)/t15-,18-/m0/s1. The quantitative estimate of drug-likeness (QED) is 0.828. The van der Waals surface area contributed by atoms with Gasteiger partial charge in [0.05, 0.1) is 0 Å². The number of benzene rings is 1. The van der Waals surface area contributed by atoms with Gasteiger partial charge in [-0.2, -0.15) is 0 Å². The second-order valence-electron chi connectivity index (χ2n) is 6.40. The normalized spacial score (nSPS) is 18.6. The SMILES string of the molecule is CNC(=O)C[C@H]1c2cccnc2C(=O)N(Cc2ccccc2)[C@@H]1C(=O)NC. The second kappa shape index (κ2) is 7.99. The fourth-order valence-electron chi connectivity index (χ4n) is 3.49. The molecule has 1 aliphatic heterocycles. The lowest BCUT2D eigenvalue weighted by Crippen LogP contribution is -2.55. The van der Waals surface area contributed by atoms with Gasteiger partial charge in [-0.25, -0.2) is 0 Å². The van der Waals surface area contributed by atoms with Crippen LogP contribution in [0, 0.1) is 0 Å². The summed E-state index contributed by atoms with van der Waals surface area (Å²) in [6.07, 6.45) is 1.64. The summed E-state index contributed by atoms with van der Waals surface area (Å²) in [5.74, 6) is -1.29. The molecule has 2 atom stereocenters. The minimum Gasteiger partial charge on any atom is -0.359 e. The van der Waals surface area contributed by atoms with Crippen molar-refractivity contribution in [2.75, 3.05) is 14.1 Å². The van der Waals surface area contributed by atoms with Gasteiger partial charge >= 0.3 is 0 Å². The molecule has 0 bridgehead atoms. The van der Waals surface area contributed by atoms with Crippen molar-refractivity contribution >= 4 is 17.7 Å². The molecule has 0 fully saturated rings. The molecule has 27 heavy (non-hydrogen) atoms. The van der Waals surface area contributed by atoms with E-state index in [9.17, 15) is 14.4 Å². The van der Waals surface area contributed by atoms with Crippen LogP contribution in [0.1, 0.15) is 34.0 Å². The highest BCUT2D eigenvalue weighted by atomic mass is 16.2. The van der Waals surface area contributed by atoms with Crippen molar-refractivity contribution in [2.24, 2.45) is 0 Å². The Morgan fingerprint density at radius 2 is 1.81 bits per heavy atom. The number of carbonyl (C=O) groups excluding carboxylic acids is 3. The van der Waals surface area contributed by atoms with Gasteiger partial charge in [-0.3, -0.25) is 19.4 Å². The Morgan fingerprint density at radius 1 is 1.07 bits per heavy atom. The van der Waals surface area contributed by atoms with Crippen LogP contribution in [0.5, 0.6) is 0 Å². The number of aromatic nitrogens is 1. The van der Waals surface area contributed by atoms with E-state index in [1.807, 2.05) is 30.3 Å². The first-order valence-electron chi connectivity index (χ1n) is 8.78. The number of rotatable bonds is 5. The van der Waals surface area contributed by atoms with Crippen LogP contribution in [-0.2, 0) is 16.1 Å². The molecule has 7 heteroatoms. The monoisotopic (exact) mass is 366 g/mol. The molecule has 0 aliphatic carbocycles. The van der Waals surface area contributed by atoms with Gasteiger partial charge in [0, 0.05) is 39.2 Å². The van der Waals surface area contributed by atoms with Crippen molar-refractivity contribution in [3.63, 3.8) is 0 Å². The number of carbonyl (C=O) groups is 3. The van der Waals surface area contributed by atoms with Gasteiger partial charge in [0.15, 0.2) is 0 Å². The predicted molar refractivity (Wildman–Crippen MR) is 99.8 cm³/mol. The van der Waals surface area contributed by atoms with E-state index in [4.69, 9.17) is 0 Å². The minimum absolute atomic E-state index is 0.0891. The third kappa shape index (κ3) is 3.67. The van der Waals surface area contributed by atoms with Crippen molar-refractivity contribution in [3.05, 3.63) is 65.5 Å². The number of nitrogens with zero attached hydrogens (tertiary/aromatic N) is 2. The summed E-state index contributed by atoms with van der Waals surface area (Å²) in [5, 5.41) is 5.24.